The maximum atomic E-state index is 12.9. The van der Waals surface area contributed by atoms with Gasteiger partial charge in [0.25, 0.3) is 0 Å². The Labute approximate surface area is 200 Å². The highest BCUT2D eigenvalue weighted by atomic mass is 32.2. The van der Waals surface area contributed by atoms with Gasteiger partial charge in [0.05, 0.1) is 4.88 Å². The van der Waals surface area contributed by atoms with Crippen molar-refractivity contribution in [2.24, 2.45) is 0 Å². The van der Waals surface area contributed by atoms with Crippen LogP contribution in [-0.4, -0.2) is 34.7 Å². The molecule has 0 bridgehead atoms. The van der Waals surface area contributed by atoms with E-state index in [4.69, 9.17) is 0 Å². The molecule has 1 aromatic carbocycles. The van der Waals surface area contributed by atoms with Crippen molar-refractivity contribution in [2.45, 2.75) is 22.9 Å². The van der Waals surface area contributed by atoms with Gasteiger partial charge >= 0.3 is 6.18 Å². The Kier molecular flexibility index (Phi) is 6.23. The Balaban J connectivity index is 1.59. The maximum Gasteiger partial charge on any atom is 0.433 e. The average Bonchev–Trinajstić information content (AvgIpc) is 3.44. The molecule has 0 aliphatic heterocycles. The number of aromatic nitrogens is 3. The average molecular weight is 527 g/mol. The summed E-state index contributed by atoms with van der Waals surface area (Å²) in [6, 6.07) is 10.6. The zero-order chi connectivity index (χ0) is 24.7. The molecule has 34 heavy (non-hydrogen) atoms. The summed E-state index contributed by atoms with van der Waals surface area (Å²) in [6.45, 7) is 1.54. The predicted molar refractivity (Wildman–Crippen MR) is 124 cm³/mol. The Morgan fingerprint density at radius 2 is 1.82 bits per heavy atom. The molecule has 178 valence electrons. The number of nitrogens with one attached hydrogen (secondary N) is 1. The largest absolute Gasteiger partial charge is 0.433 e. The number of thiophene rings is 1. The summed E-state index contributed by atoms with van der Waals surface area (Å²) in [5, 5.41) is 14.2. The first-order chi connectivity index (χ1) is 15.8. The molecule has 0 aliphatic rings. The number of hydrogen-bond donors (Lipinski definition) is 2. The van der Waals surface area contributed by atoms with Gasteiger partial charge in [-0.1, -0.05) is 12.1 Å². The third kappa shape index (κ3) is 5.12. The second-order valence-corrected chi connectivity index (χ2v) is 11.8. The molecule has 0 aliphatic carbocycles. The highest BCUT2D eigenvalue weighted by Crippen LogP contribution is 2.40. The molecule has 1 unspecified atom stereocenters. The van der Waals surface area contributed by atoms with Gasteiger partial charge in [0.1, 0.15) is 20.5 Å². The molecule has 0 saturated carbocycles. The van der Waals surface area contributed by atoms with E-state index >= 15 is 0 Å². The molecule has 4 rings (SSSR count). The number of halogens is 3. The van der Waals surface area contributed by atoms with E-state index in [0.29, 0.717) is 26.0 Å². The SMILES string of the molecule is CC(O)(c1ccc(S(C)(=O)=O)s1)c1ncc(-c2cccc(Nc3nccc(C(F)(F)F)n3)c2)s1. The summed E-state index contributed by atoms with van der Waals surface area (Å²) < 4.78 is 62.4. The minimum Gasteiger partial charge on any atom is -0.377 e. The fraction of sp³-hybridized carbons (Fsp3) is 0.190. The van der Waals surface area contributed by atoms with Gasteiger partial charge in [-0.3, -0.25) is 0 Å². The first-order valence-electron chi connectivity index (χ1n) is 9.61. The van der Waals surface area contributed by atoms with Crippen molar-refractivity contribution in [1.82, 2.24) is 15.0 Å². The normalized spacial score (nSPS) is 14.1. The van der Waals surface area contributed by atoms with Gasteiger partial charge in [0, 0.05) is 29.2 Å². The minimum absolute atomic E-state index is 0.148. The van der Waals surface area contributed by atoms with Crippen LogP contribution >= 0.6 is 22.7 Å². The van der Waals surface area contributed by atoms with Crippen molar-refractivity contribution in [1.29, 1.82) is 0 Å². The highest BCUT2D eigenvalue weighted by Gasteiger charge is 2.33. The van der Waals surface area contributed by atoms with Gasteiger partial charge in [-0.2, -0.15) is 13.2 Å². The lowest BCUT2D eigenvalue weighted by atomic mass is 10.1. The molecule has 0 fully saturated rings. The molecule has 4 aromatic rings. The molecule has 0 amide bonds. The van der Waals surface area contributed by atoms with Crippen molar-refractivity contribution < 1.29 is 26.7 Å². The molecule has 1 atom stereocenters. The Morgan fingerprint density at radius 3 is 2.50 bits per heavy atom. The molecule has 2 N–H and O–H groups in total. The van der Waals surface area contributed by atoms with Crippen LogP contribution in [0.4, 0.5) is 24.8 Å². The molecule has 13 heteroatoms. The van der Waals surface area contributed by atoms with E-state index in [1.165, 1.54) is 24.3 Å². The van der Waals surface area contributed by atoms with E-state index in [0.717, 1.165) is 29.9 Å². The van der Waals surface area contributed by atoms with Crippen LogP contribution in [0.3, 0.4) is 0 Å². The lowest BCUT2D eigenvalue weighted by molar-refractivity contribution is -0.141. The van der Waals surface area contributed by atoms with E-state index < -0.39 is 27.3 Å². The molecule has 0 radical (unpaired) electrons. The van der Waals surface area contributed by atoms with Gasteiger partial charge in [-0.25, -0.2) is 23.4 Å². The van der Waals surface area contributed by atoms with E-state index in [1.54, 1.807) is 36.5 Å². The van der Waals surface area contributed by atoms with Crippen molar-refractivity contribution in [2.75, 3.05) is 11.6 Å². The number of anilines is 2. The van der Waals surface area contributed by atoms with Crippen LogP contribution < -0.4 is 5.32 Å². The van der Waals surface area contributed by atoms with Crippen LogP contribution in [0.25, 0.3) is 10.4 Å². The number of aliphatic hydroxyl groups is 1. The minimum atomic E-state index is -4.58. The third-order valence-corrected chi connectivity index (χ3v) is 9.07. The lowest BCUT2D eigenvalue weighted by Gasteiger charge is -2.18. The Bertz CT molecular complexity index is 1450. The summed E-state index contributed by atoms with van der Waals surface area (Å²) in [4.78, 5) is 12.8. The maximum absolute atomic E-state index is 12.9. The molecule has 3 heterocycles. The number of benzene rings is 1. The third-order valence-electron chi connectivity index (χ3n) is 4.70. The van der Waals surface area contributed by atoms with E-state index in [9.17, 15) is 26.7 Å². The molecule has 0 spiro atoms. The van der Waals surface area contributed by atoms with Crippen LogP contribution in [0.5, 0.6) is 0 Å². The summed E-state index contributed by atoms with van der Waals surface area (Å²) in [6.07, 6.45) is -0.884. The quantitative estimate of drug-likeness (QED) is 0.361. The zero-order valence-electron chi connectivity index (χ0n) is 17.7. The molecule has 0 saturated heterocycles. The van der Waals surface area contributed by atoms with Crippen LogP contribution in [0, 0.1) is 0 Å². The van der Waals surface area contributed by atoms with Crippen LogP contribution in [0.15, 0.2) is 59.1 Å². The van der Waals surface area contributed by atoms with Crippen molar-refractivity contribution >= 4 is 44.1 Å². The highest BCUT2D eigenvalue weighted by molar-refractivity contribution is 7.92. The van der Waals surface area contributed by atoms with Gasteiger partial charge in [0.15, 0.2) is 9.84 Å². The van der Waals surface area contributed by atoms with Crippen molar-refractivity contribution in [3.05, 3.63) is 70.4 Å². The van der Waals surface area contributed by atoms with E-state index in [1.807, 2.05) is 0 Å². The van der Waals surface area contributed by atoms with Crippen LogP contribution in [0.2, 0.25) is 0 Å². The summed E-state index contributed by atoms with van der Waals surface area (Å²) in [5.74, 6) is -0.195. The number of rotatable bonds is 6. The predicted octanol–water partition coefficient (Wildman–Crippen LogP) is 5.08. The lowest BCUT2D eigenvalue weighted by Crippen LogP contribution is -2.20. The molecule has 3 aromatic heterocycles. The van der Waals surface area contributed by atoms with Crippen LogP contribution in [-0.2, 0) is 21.6 Å². The van der Waals surface area contributed by atoms with Gasteiger partial charge in [-0.05, 0) is 42.8 Å². The number of hydrogen-bond acceptors (Lipinski definition) is 9. The van der Waals surface area contributed by atoms with Gasteiger partial charge in [0.2, 0.25) is 5.95 Å². The Hall–Kier alpha value is -2.87. The second kappa shape index (κ2) is 8.73. The summed E-state index contributed by atoms with van der Waals surface area (Å²) >= 11 is 2.19. The Morgan fingerprint density at radius 1 is 1.06 bits per heavy atom. The number of alkyl halides is 3. The van der Waals surface area contributed by atoms with E-state index in [-0.39, 0.29) is 10.2 Å². The van der Waals surface area contributed by atoms with Crippen molar-refractivity contribution in [3.63, 3.8) is 0 Å². The molecular weight excluding hydrogens is 509 g/mol. The van der Waals surface area contributed by atoms with Crippen molar-refractivity contribution in [3.8, 4) is 10.4 Å². The fourth-order valence-electron chi connectivity index (χ4n) is 2.98. The van der Waals surface area contributed by atoms with Gasteiger partial charge < -0.3 is 10.4 Å². The van der Waals surface area contributed by atoms with Crippen LogP contribution in [0.1, 0.15) is 22.5 Å². The number of thiazole rings is 1. The fourth-order valence-corrected chi connectivity index (χ4v) is 5.99. The topological polar surface area (TPSA) is 105 Å². The second-order valence-electron chi connectivity index (χ2n) is 7.46. The number of sulfone groups is 1. The standard InChI is InChI=1S/C21H17F3N4O3S3/c1-20(29,16-6-7-17(33-16)34(2,30)31)18-26-11-14(32-18)12-4-3-5-13(10-12)27-19-25-9-8-15(28-19)21(22,23)24/h3-11,29H,1-2H3,(H,25,27,28). The summed E-state index contributed by atoms with van der Waals surface area (Å²) in [5.41, 5.74) is -1.38. The molecular formula is C21H17F3N4O3S3. The first-order valence-corrected chi connectivity index (χ1v) is 13.1. The summed E-state index contributed by atoms with van der Waals surface area (Å²) in [7, 11) is -3.39. The smallest absolute Gasteiger partial charge is 0.377 e. The zero-order valence-corrected chi connectivity index (χ0v) is 20.1. The molecule has 7 nitrogen and oxygen atoms in total. The van der Waals surface area contributed by atoms with Gasteiger partial charge in [-0.15, -0.1) is 22.7 Å². The van der Waals surface area contributed by atoms with E-state index in [2.05, 4.69) is 20.3 Å². The first kappa shape index (κ1) is 24.3. The number of nitrogens with zero attached hydrogens (tertiary/aromatic N) is 3. The monoisotopic (exact) mass is 526 g/mol.